The Kier molecular flexibility index (Phi) is 5.33. The van der Waals surface area contributed by atoms with Crippen molar-refractivity contribution in [1.29, 1.82) is 0 Å². The number of nitrogens with zero attached hydrogens (tertiary/aromatic N) is 1. The molecule has 7 heteroatoms. The Morgan fingerprint density at radius 1 is 1.14 bits per heavy atom. The lowest BCUT2D eigenvalue weighted by molar-refractivity contribution is -0.113. The molecule has 0 unspecified atom stereocenters. The number of anilines is 1. The molecule has 4 rings (SSSR count). The van der Waals surface area contributed by atoms with E-state index < -0.39 is 5.97 Å². The number of aryl methyl sites for hydroxylation is 1. The molecule has 3 aromatic rings. The summed E-state index contributed by atoms with van der Waals surface area (Å²) in [6, 6.07) is 17.7. The lowest BCUT2D eigenvalue weighted by Crippen LogP contribution is -2.27. The molecule has 0 radical (unpaired) electrons. The normalized spacial score (nSPS) is 15.2. The largest absolute Gasteiger partial charge is 0.457 e. The number of carbonyl (C=O) groups is 2. The van der Waals surface area contributed by atoms with E-state index in [4.69, 9.17) is 21.4 Å². The van der Waals surface area contributed by atoms with E-state index in [1.54, 1.807) is 30.3 Å². The fourth-order valence-corrected chi connectivity index (χ4v) is 4.05. The van der Waals surface area contributed by atoms with Crippen LogP contribution in [-0.4, -0.2) is 16.2 Å². The summed E-state index contributed by atoms with van der Waals surface area (Å²) in [7, 11) is 0. The van der Waals surface area contributed by atoms with Crippen LogP contribution in [-0.2, 0) is 4.79 Å². The molecule has 0 spiro atoms. The molecule has 2 heterocycles. The van der Waals surface area contributed by atoms with Gasteiger partial charge in [0.1, 0.15) is 5.75 Å². The molecular formula is C22H15NO4S2. The third-order valence-corrected chi connectivity index (χ3v) is 5.48. The molecule has 1 fully saturated rings. The number of thiocarbonyl (C=S) groups is 1. The van der Waals surface area contributed by atoms with Gasteiger partial charge in [0.05, 0.1) is 16.9 Å². The summed E-state index contributed by atoms with van der Waals surface area (Å²) in [4.78, 5) is 26.9. The van der Waals surface area contributed by atoms with E-state index >= 15 is 0 Å². The molecule has 5 nitrogen and oxygen atoms in total. The summed E-state index contributed by atoms with van der Waals surface area (Å²) in [6.45, 7) is 1.99. The number of ether oxygens (including phenoxy) is 1. The minimum Gasteiger partial charge on any atom is -0.457 e. The van der Waals surface area contributed by atoms with Gasteiger partial charge in [-0.2, -0.15) is 0 Å². The quantitative estimate of drug-likeness (QED) is 0.249. The summed E-state index contributed by atoms with van der Waals surface area (Å²) >= 11 is 6.64. The number of hydrogen-bond acceptors (Lipinski definition) is 6. The number of hydrogen-bond donors (Lipinski definition) is 0. The van der Waals surface area contributed by atoms with Gasteiger partial charge >= 0.3 is 5.97 Å². The van der Waals surface area contributed by atoms with Gasteiger partial charge in [-0.05, 0) is 55.0 Å². The molecule has 1 aliphatic rings. The van der Waals surface area contributed by atoms with Crippen LogP contribution in [0.4, 0.5) is 5.69 Å². The Bertz CT molecular complexity index is 1120. The maximum Gasteiger partial charge on any atom is 0.379 e. The molecular weight excluding hydrogens is 406 g/mol. The molecule has 2 aromatic carbocycles. The van der Waals surface area contributed by atoms with Gasteiger partial charge in [-0.15, -0.1) is 0 Å². The van der Waals surface area contributed by atoms with Crippen molar-refractivity contribution in [3.05, 3.63) is 88.7 Å². The Morgan fingerprint density at radius 3 is 2.66 bits per heavy atom. The number of esters is 1. The van der Waals surface area contributed by atoms with E-state index in [-0.39, 0.29) is 11.7 Å². The molecule has 0 bridgehead atoms. The SMILES string of the molecule is Cc1ccc(N2C(=O)/C(=C/c3cccc(OC(=O)c4ccco4)c3)SC2=S)cc1. The molecule has 0 atom stereocenters. The van der Waals surface area contributed by atoms with E-state index in [1.165, 1.54) is 29.0 Å². The minimum atomic E-state index is -0.585. The van der Waals surface area contributed by atoms with Crippen LogP contribution in [0.15, 0.2) is 76.2 Å². The summed E-state index contributed by atoms with van der Waals surface area (Å²) in [5, 5.41) is 0. The lowest BCUT2D eigenvalue weighted by Gasteiger charge is -2.14. The fraction of sp³-hybridized carbons (Fsp3) is 0.0455. The lowest BCUT2D eigenvalue weighted by atomic mass is 10.2. The van der Waals surface area contributed by atoms with Crippen molar-refractivity contribution in [2.45, 2.75) is 6.92 Å². The molecule has 1 aliphatic heterocycles. The molecule has 1 amide bonds. The predicted octanol–water partition coefficient (Wildman–Crippen LogP) is 5.21. The second-order valence-corrected chi connectivity index (χ2v) is 7.97. The van der Waals surface area contributed by atoms with Crippen molar-refractivity contribution in [2.75, 3.05) is 4.90 Å². The molecule has 29 heavy (non-hydrogen) atoms. The van der Waals surface area contributed by atoms with Crippen LogP contribution in [0.3, 0.4) is 0 Å². The highest BCUT2D eigenvalue weighted by Crippen LogP contribution is 2.36. The predicted molar refractivity (Wildman–Crippen MR) is 117 cm³/mol. The van der Waals surface area contributed by atoms with Crippen molar-refractivity contribution < 1.29 is 18.7 Å². The highest BCUT2D eigenvalue weighted by molar-refractivity contribution is 8.27. The van der Waals surface area contributed by atoms with Crippen LogP contribution in [0.5, 0.6) is 5.75 Å². The van der Waals surface area contributed by atoms with Crippen LogP contribution in [0.25, 0.3) is 6.08 Å². The molecule has 1 aromatic heterocycles. The highest BCUT2D eigenvalue weighted by Gasteiger charge is 2.33. The zero-order valence-corrected chi connectivity index (χ0v) is 17.0. The first-order valence-electron chi connectivity index (χ1n) is 8.71. The van der Waals surface area contributed by atoms with E-state index in [0.717, 1.165) is 16.8 Å². The van der Waals surface area contributed by atoms with Crippen LogP contribution in [0.2, 0.25) is 0 Å². The second-order valence-electron chi connectivity index (χ2n) is 6.29. The zero-order chi connectivity index (χ0) is 20.4. The van der Waals surface area contributed by atoms with Gasteiger partial charge in [0.15, 0.2) is 4.32 Å². The van der Waals surface area contributed by atoms with Crippen LogP contribution in [0.1, 0.15) is 21.7 Å². The number of rotatable bonds is 4. The molecule has 144 valence electrons. The van der Waals surface area contributed by atoms with Gasteiger partial charge in [-0.3, -0.25) is 9.69 Å². The van der Waals surface area contributed by atoms with Gasteiger partial charge in [0.2, 0.25) is 5.76 Å². The number of furan rings is 1. The second kappa shape index (κ2) is 8.06. The van der Waals surface area contributed by atoms with Gasteiger partial charge in [0.25, 0.3) is 5.91 Å². The molecule has 0 saturated carbocycles. The number of benzene rings is 2. The molecule has 0 N–H and O–H groups in total. The first-order valence-corrected chi connectivity index (χ1v) is 9.94. The Morgan fingerprint density at radius 2 is 1.93 bits per heavy atom. The number of carbonyl (C=O) groups excluding carboxylic acids is 2. The molecule has 1 saturated heterocycles. The van der Waals surface area contributed by atoms with E-state index in [0.29, 0.717) is 15.0 Å². The average molecular weight is 421 g/mol. The first kappa shape index (κ1) is 19.2. The smallest absolute Gasteiger partial charge is 0.379 e. The monoisotopic (exact) mass is 421 g/mol. The number of amides is 1. The van der Waals surface area contributed by atoms with Crippen LogP contribution < -0.4 is 9.64 Å². The number of thioether (sulfide) groups is 1. The summed E-state index contributed by atoms with van der Waals surface area (Å²) in [5.41, 5.74) is 2.57. The van der Waals surface area contributed by atoms with E-state index in [1.807, 2.05) is 37.3 Å². The Balaban J connectivity index is 1.55. The van der Waals surface area contributed by atoms with Crippen LogP contribution in [0, 0.1) is 6.92 Å². The third-order valence-electron chi connectivity index (χ3n) is 4.17. The van der Waals surface area contributed by atoms with Crippen molar-refractivity contribution in [2.24, 2.45) is 0 Å². The maximum atomic E-state index is 12.9. The zero-order valence-electron chi connectivity index (χ0n) is 15.3. The molecule has 0 aliphatic carbocycles. The maximum absolute atomic E-state index is 12.9. The summed E-state index contributed by atoms with van der Waals surface area (Å²) < 4.78 is 10.8. The Hall–Kier alpha value is -3.16. The van der Waals surface area contributed by atoms with Gasteiger partial charge in [0, 0.05) is 0 Å². The van der Waals surface area contributed by atoms with Crippen molar-refractivity contribution in [3.63, 3.8) is 0 Å². The minimum absolute atomic E-state index is 0.120. The van der Waals surface area contributed by atoms with Crippen LogP contribution >= 0.6 is 24.0 Å². The van der Waals surface area contributed by atoms with Gasteiger partial charge in [-0.25, -0.2) is 4.79 Å². The van der Waals surface area contributed by atoms with Gasteiger partial charge in [-0.1, -0.05) is 53.8 Å². The van der Waals surface area contributed by atoms with Crippen molar-refractivity contribution >= 4 is 51.9 Å². The van der Waals surface area contributed by atoms with Crippen molar-refractivity contribution in [3.8, 4) is 5.75 Å². The summed E-state index contributed by atoms with van der Waals surface area (Å²) in [5.74, 6) is -0.289. The average Bonchev–Trinajstić information content (AvgIpc) is 3.32. The standard InChI is InChI=1S/C22H15NO4S2/c1-14-7-9-16(10-8-14)23-20(24)19(29-22(23)28)13-15-4-2-5-17(12-15)27-21(25)18-6-3-11-26-18/h2-13H,1H3/b19-13-. The summed E-state index contributed by atoms with van der Waals surface area (Å²) in [6.07, 6.45) is 3.14. The van der Waals surface area contributed by atoms with E-state index in [9.17, 15) is 9.59 Å². The van der Waals surface area contributed by atoms with Crippen molar-refractivity contribution in [1.82, 2.24) is 0 Å². The van der Waals surface area contributed by atoms with E-state index in [2.05, 4.69) is 0 Å². The first-order chi connectivity index (χ1) is 14.0. The topological polar surface area (TPSA) is 59.8 Å². The fourth-order valence-electron chi connectivity index (χ4n) is 2.76. The van der Waals surface area contributed by atoms with Gasteiger partial charge < -0.3 is 9.15 Å². The Labute approximate surface area is 177 Å². The third kappa shape index (κ3) is 4.16. The highest BCUT2D eigenvalue weighted by atomic mass is 32.2.